The number of hydrogen-bond acceptors (Lipinski definition) is 4. The Kier molecular flexibility index (Phi) is 5.72. The molecular formula is C14H17Br2N3S. The molecule has 0 atom stereocenters. The van der Waals surface area contributed by atoms with Crippen molar-refractivity contribution in [2.45, 2.75) is 27.3 Å². The van der Waals surface area contributed by atoms with E-state index in [1.807, 2.05) is 6.07 Å². The van der Waals surface area contributed by atoms with E-state index in [9.17, 15) is 0 Å². The molecule has 2 rings (SSSR count). The van der Waals surface area contributed by atoms with E-state index >= 15 is 0 Å². The van der Waals surface area contributed by atoms with Crippen molar-refractivity contribution in [2.24, 2.45) is 5.92 Å². The molecule has 2 aromatic heterocycles. The molecular weight excluding hydrogens is 402 g/mol. The third-order valence-electron chi connectivity index (χ3n) is 2.74. The molecule has 2 aromatic rings. The summed E-state index contributed by atoms with van der Waals surface area (Å²) < 4.78 is 1.92. The average Bonchev–Trinajstić information content (AvgIpc) is 2.70. The van der Waals surface area contributed by atoms with Crippen molar-refractivity contribution in [3.63, 3.8) is 0 Å². The first kappa shape index (κ1) is 16.1. The monoisotopic (exact) mass is 417 g/mol. The molecule has 1 N–H and O–H groups in total. The molecule has 0 aromatic carbocycles. The molecule has 0 spiro atoms. The van der Waals surface area contributed by atoms with Gasteiger partial charge in [0.1, 0.15) is 10.7 Å². The van der Waals surface area contributed by atoms with E-state index in [0.717, 1.165) is 38.4 Å². The number of nitrogens with one attached hydrogen (secondary N) is 1. The summed E-state index contributed by atoms with van der Waals surface area (Å²) >= 11 is 8.67. The van der Waals surface area contributed by atoms with Gasteiger partial charge < -0.3 is 5.32 Å². The van der Waals surface area contributed by atoms with Crippen molar-refractivity contribution in [2.75, 3.05) is 6.54 Å². The quantitative estimate of drug-likeness (QED) is 0.758. The first-order valence-corrected chi connectivity index (χ1v) is 8.86. The van der Waals surface area contributed by atoms with Gasteiger partial charge >= 0.3 is 0 Å². The second-order valence-corrected chi connectivity index (χ2v) is 7.89. The maximum Gasteiger partial charge on any atom is 0.143 e. The van der Waals surface area contributed by atoms with Crippen LogP contribution in [0.3, 0.4) is 0 Å². The van der Waals surface area contributed by atoms with Crippen molar-refractivity contribution in [3.05, 3.63) is 31.8 Å². The Morgan fingerprint density at radius 2 is 2.10 bits per heavy atom. The van der Waals surface area contributed by atoms with Gasteiger partial charge in [-0.3, -0.25) is 4.98 Å². The van der Waals surface area contributed by atoms with Crippen molar-refractivity contribution in [1.29, 1.82) is 0 Å². The molecule has 0 aliphatic carbocycles. The van der Waals surface area contributed by atoms with Crippen LogP contribution in [0.4, 0.5) is 0 Å². The Bertz CT molecular complexity index is 596. The molecule has 0 radical (unpaired) electrons. The van der Waals surface area contributed by atoms with Gasteiger partial charge in [0.25, 0.3) is 0 Å². The van der Waals surface area contributed by atoms with Gasteiger partial charge in [0.05, 0.1) is 5.69 Å². The zero-order valence-electron chi connectivity index (χ0n) is 11.7. The fourth-order valence-corrected chi connectivity index (χ4v) is 4.09. The molecule has 20 heavy (non-hydrogen) atoms. The minimum Gasteiger partial charge on any atom is -0.312 e. The molecule has 0 aliphatic heterocycles. The van der Waals surface area contributed by atoms with Gasteiger partial charge in [0, 0.05) is 26.6 Å². The highest BCUT2D eigenvalue weighted by Crippen LogP contribution is 2.32. The lowest BCUT2D eigenvalue weighted by atomic mass is 10.2. The average molecular weight is 419 g/mol. The summed E-state index contributed by atoms with van der Waals surface area (Å²) in [7, 11) is 0. The molecule has 0 saturated heterocycles. The zero-order chi connectivity index (χ0) is 14.7. The Morgan fingerprint density at radius 1 is 1.35 bits per heavy atom. The van der Waals surface area contributed by atoms with E-state index in [4.69, 9.17) is 0 Å². The lowest BCUT2D eigenvalue weighted by Gasteiger charge is -2.05. The Hall–Kier alpha value is -0.300. The summed E-state index contributed by atoms with van der Waals surface area (Å²) in [6.45, 7) is 8.36. The highest BCUT2D eigenvalue weighted by atomic mass is 79.9. The van der Waals surface area contributed by atoms with Crippen molar-refractivity contribution in [3.8, 4) is 10.7 Å². The Morgan fingerprint density at radius 3 is 2.75 bits per heavy atom. The predicted octanol–water partition coefficient (Wildman–Crippen LogP) is 4.78. The number of thiazole rings is 1. The van der Waals surface area contributed by atoms with Crippen molar-refractivity contribution < 1.29 is 0 Å². The van der Waals surface area contributed by atoms with Crippen LogP contribution in [0.5, 0.6) is 0 Å². The van der Waals surface area contributed by atoms with E-state index in [-0.39, 0.29) is 0 Å². The summed E-state index contributed by atoms with van der Waals surface area (Å²) in [5, 5.41) is 4.42. The smallest absolute Gasteiger partial charge is 0.143 e. The highest BCUT2D eigenvalue weighted by molar-refractivity contribution is 9.11. The number of hydrogen-bond donors (Lipinski definition) is 1. The van der Waals surface area contributed by atoms with Crippen LogP contribution in [0.15, 0.2) is 21.2 Å². The first-order chi connectivity index (χ1) is 9.47. The molecule has 0 aliphatic rings. The number of pyridine rings is 1. The third-order valence-corrected chi connectivity index (χ3v) is 4.94. The number of rotatable bonds is 5. The summed E-state index contributed by atoms with van der Waals surface area (Å²) in [4.78, 5) is 10.4. The molecule has 0 bridgehead atoms. The first-order valence-electron chi connectivity index (χ1n) is 6.45. The molecule has 0 unspecified atom stereocenters. The third kappa shape index (κ3) is 4.10. The lowest BCUT2D eigenvalue weighted by molar-refractivity contribution is 0.554. The Labute approximate surface area is 140 Å². The van der Waals surface area contributed by atoms with Crippen LogP contribution in [0.2, 0.25) is 0 Å². The molecule has 108 valence electrons. The molecule has 3 nitrogen and oxygen atoms in total. The number of halogens is 2. The SMILES string of the molecule is Cc1nc(-c2ncc(Br)cc2Br)sc1CNCC(C)C. The number of nitrogens with zero attached hydrogens (tertiary/aromatic N) is 2. The van der Waals surface area contributed by atoms with Gasteiger partial charge in [-0.1, -0.05) is 13.8 Å². The maximum absolute atomic E-state index is 4.64. The normalized spacial score (nSPS) is 11.3. The standard InChI is InChI=1S/C14H17Br2N3S/c1-8(2)5-17-7-12-9(3)19-14(20-12)13-11(16)4-10(15)6-18-13/h4,6,8,17H,5,7H2,1-3H3. The summed E-state index contributed by atoms with van der Waals surface area (Å²) in [5.74, 6) is 0.657. The van der Waals surface area contributed by atoms with E-state index < -0.39 is 0 Å². The van der Waals surface area contributed by atoms with Gasteiger partial charge in [-0.15, -0.1) is 11.3 Å². The molecule has 2 heterocycles. The largest absolute Gasteiger partial charge is 0.312 e. The number of aryl methyl sites for hydroxylation is 1. The van der Waals surface area contributed by atoms with Crippen molar-refractivity contribution in [1.82, 2.24) is 15.3 Å². The summed E-state index contributed by atoms with van der Waals surface area (Å²) in [5.41, 5.74) is 1.98. The van der Waals surface area contributed by atoms with Gasteiger partial charge in [-0.25, -0.2) is 4.98 Å². The van der Waals surface area contributed by atoms with Crippen LogP contribution >= 0.6 is 43.2 Å². The topological polar surface area (TPSA) is 37.8 Å². The van der Waals surface area contributed by atoms with Crippen molar-refractivity contribution >= 4 is 43.2 Å². The molecule has 0 amide bonds. The minimum atomic E-state index is 0.657. The Balaban J connectivity index is 2.18. The van der Waals surface area contributed by atoms with Crippen LogP contribution in [-0.2, 0) is 6.54 Å². The van der Waals surface area contributed by atoms with E-state index in [1.54, 1.807) is 17.5 Å². The van der Waals surface area contributed by atoms with E-state index in [1.165, 1.54) is 4.88 Å². The van der Waals surface area contributed by atoms with Gasteiger partial charge in [-0.2, -0.15) is 0 Å². The summed E-state index contributed by atoms with van der Waals surface area (Å²) in [6, 6.07) is 2.00. The fraction of sp³-hybridized carbons (Fsp3) is 0.429. The van der Waals surface area contributed by atoms with Crippen LogP contribution < -0.4 is 5.32 Å². The summed E-state index contributed by atoms with van der Waals surface area (Å²) in [6.07, 6.45) is 1.80. The van der Waals surface area contributed by atoms with Gasteiger partial charge in [0.15, 0.2) is 0 Å². The van der Waals surface area contributed by atoms with Gasteiger partial charge in [-0.05, 0) is 57.3 Å². The lowest BCUT2D eigenvalue weighted by Crippen LogP contribution is -2.18. The van der Waals surface area contributed by atoms with Crippen LogP contribution in [0.25, 0.3) is 10.7 Å². The van der Waals surface area contributed by atoms with Crippen LogP contribution in [0, 0.1) is 12.8 Å². The van der Waals surface area contributed by atoms with Gasteiger partial charge in [0.2, 0.25) is 0 Å². The van der Waals surface area contributed by atoms with E-state index in [0.29, 0.717) is 5.92 Å². The zero-order valence-corrected chi connectivity index (χ0v) is 15.7. The molecule has 0 fully saturated rings. The van der Waals surface area contributed by atoms with E-state index in [2.05, 4.69) is 67.9 Å². The highest BCUT2D eigenvalue weighted by Gasteiger charge is 2.13. The molecule has 6 heteroatoms. The fourth-order valence-electron chi connectivity index (χ4n) is 1.74. The minimum absolute atomic E-state index is 0.657. The predicted molar refractivity (Wildman–Crippen MR) is 92.0 cm³/mol. The van der Waals surface area contributed by atoms with Crippen LogP contribution in [-0.4, -0.2) is 16.5 Å². The maximum atomic E-state index is 4.64. The second-order valence-electron chi connectivity index (χ2n) is 5.04. The second kappa shape index (κ2) is 7.11. The number of aromatic nitrogens is 2. The molecule has 0 saturated carbocycles. The van der Waals surface area contributed by atoms with Crippen LogP contribution in [0.1, 0.15) is 24.4 Å².